The molecule has 1 aliphatic carbocycles. The molecule has 2 heterocycles. The summed E-state index contributed by atoms with van der Waals surface area (Å²) in [6.45, 7) is 6.33. The van der Waals surface area contributed by atoms with Crippen LogP contribution in [0.2, 0.25) is 0 Å². The number of amides is 1. The van der Waals surface area contributed by atoms with Crippen LogP contribution in [0.4, 0.5) is 0 Å². The van der Waals surface area contributed by atoms with E-state index in [9.17, 15) is 4.79 Å². The summed E-state index contributed by atoms with van der Waals surface area (Å²) in [5.41, 5.74) is 0.585. The molecule has 1 amide bonds. The minimum atomic E-state index is -0.0968. The van der Waals surface area contributed by atoms with E-state index in [2.05, 4.69) is 27.4 Å². The van der Waals surface area contributed by atoms with Gasteiger partial charge in [-0.2, -0.15) is 0 Å². The SMILES string of the molecule is CCNC(=NCCNC(=O)c1cccnc1)N1CC2CCCCC2C1. The first-order valence-electron chi connectivity index (χ1n) is 9.49. The number of nitrogens with one attached hydrogen (secondary N) is 2. The molecule has 3 rings (SSSR count). The maximum atomic E-state index is 12.0. The Morgan fingerprint density at radius 2 is 2.04 bits per heavy atom. The van der Waals surface area contributed by atoms with Crippen molar-refractivity contribution in [2.24, 2.45) is 16.8 Å². The highest BCUT2D eigenvalue weighted by Gasteiger charge is 2.35. The summed E-state index contributed by atoms with van der Waals surface area (Å²) in [4.78, 5) is 23.1. The van der Waals surface area contributed by atoms with Crippen LogP contribution >= 0.6 is 0 Å². The van der Waals surface area contributed by atoms with E-state index >= 15 is 0 Å². The minimum Gasteiger partial charge on any atom is -0.357 e. The van der Waals surface area contributed by atoms with E-state index in [1.54, 1.807) is 24.5 Å². The molecule has 1 aliphatic heterocycles. The highest BCUT2D eigenvalue weighted by molar-refractivity contribution is 5.93. The third-order valence-corrected chi connectivity index (χ3v) is 5.19. The minimum absolute atomic E-state index is 0.0968. The summed E-state index contributed by atoms with van der Waals surface area (Å²) in [6.07, 6.45) is 8.72. The van der Waals surface area contributed by atoms with Gasteiger partial charge in [0.25, 0.3) is 5.91 Å². The molecule has 25 heavy (non-hydrogen) atoms. The van der Waals surface area contributed by atoms with E-state index in [1.165, 1.54) is 25.7 Å². The van der Waals surface area contributed by atoms with Gasteiger partial charge < -0.3 is 15.5 Å². The van der Waals surface area contributed by atoms with Gasteiger partial charge in [0.05, 0.1) is 12.1 Å². The molecule has 6 heteroatoms. The summed E-state index contributed by atoms with van der Waals surface area (Å²) < 4.78 is 0. The molecule has 1 saturated heterocycles. The number of carbonyl (C=O) groups is 1. The fraction of sp³-hybridized carbons (Fsp3) is 0.632. The molecule has 0 aromatic carbocycles. The zero-order valence-corrected chi connectivity index (χ0v) is 15.1. The van der Waals surface area contributed by atoms with Crippen molar-refractivity contribution < 1.29 is 4.79 Å². The van der Waals surface area contributed by atoms with Crippen LogP contribution in [0.25, 0.3) is 0 Å². The van der Waals surface area contributed by atoms with Gasteiger partial charge in [-0.05, 0) is 43.7 Å². The molecule has 136 valence electrons. The van der Waals surface area contributed by atoms with Crippen molar-refractivity contribution in [2.75, 3.05) is 32.7 Å². The van der Waals surface area contributed by atoms with Crippen molar-refractivity contribution in [1.29, 1.82) is 0 Å². The van der Waals surface area contributed by atoms with Crippen molar-refractivity contribution in [3.05, 3.63) is 30.1 Å². The normalized spacial score (nSPS) is 23.2. The van der Waals surface area contributed by atoms with Crippen molar-refractivity contribution in [1.82, 2.24) is 20.5 Å². The average Bonchev–Trinajstić information content (AvgIpc) is 3.09. The summed E-state index contributed by atoms with van der Waals surface area (Å²) >= 11 is 0. The predicted octanol–water partition coefficient (Wildman–Crippen LogP) is 1.90. The van der Waals surface area contributed by atoms with Crippen LogP contribution < -0.4 is 10.6 Å². The van der Waals surface area contributed by atoms with E-state index in [4.69, 9.17) is 4.99 Å². The number of fused-ring (bicyclic) bond motifs is 1. The fourth-order valence-corrected chi connectivity index (χ4v) is 3.93. The molecule has 6 nitrogen and oxygen atoms in total. The number of pyridine rings is 1. The van der Waals surface area contributed by atoms with Crippen LogP contribution in [-0.4, -0.2) is 54.5 Å². The third kappa shape index (κ3) is 4.71. The molecule has 0 spiro atoms. The Kier molecular flexibility index (Phi) is 6.25. The molecule has 0 radical (unpaired) electrons. The smallest absolute Gasteiger partial charge is 0.252 e. The number of rotatable bonds is 5. The third-order valence-electron chi connectivity index (χ3n) is 5.19. The Balaban J connectivity index is 1.50. The quantitative estimate of drug-likeness (QED) is 0.487. The monoisotopic (exact) mass is 343 g/mol. The maximum Gasteiger partial charge on any atom is 0.252 e. The molecular weight excluding hydrogens is 314 g/mol. The lowest BCUT2D eigenvalue weighted by molar-refractivity contribution is 0.0954. The topological polar surface area (TPSA) is 69.6 Å². The van der Waals surface area contributed by atoms with Gasteiger partial charge in [-0.15, -0.1) is 0 Å². The van der Waals surface area contributed by atoms with E-state index in [-0.39, 0.29) is 5.91 Å². The number of hydrogen-bond donors (Lipinski definition) is 2. The van der Waals surface area contributed by atoms with Crippen LogP contribution in [0.5, 0.6) is 0 Å². The number of hydrogen-bond acceptors (Lipinski definition) is 3. The predicted molar refractivity (Wildman–Crippen MR) is 99.6 cm³/mol. The standard InChI is InChI=1S/C19H29N5O/c1-2-21-19(24-13-16-6-3-4-7-17(16)14-24)23-11-10-22-18(25)15-8-5-9-20-12-15/h5,8-9,12,16-17H,2-4,6-7,10-11,13-14H2,1H3,(H,21,23)(H,22,25). The Morgan fingerprint density at radius 3 is 2.68 bits per heavy atom. The number of aliphatic imine (C=N–C) groups is 1. The molecular formula is C19H29N5O. The zero-order valence-electron chi connectivity index (χ0n) is 15.1. The Bertz CT molecular complexity index is 575. The largest absolute Gasteiger partial charge is 0.357 e. The van der Waals surface area contributed by atoms with Crippen molar-refractivity contribution in [3.8, 4) is 0 Å². The van der Waals surface area contributed by atoms with Gasteiger partial charge in [-0.1, -0.05) is 12.8 Å². The van der Waals surface area contributed by atoms with Gasteiger partial charge in [0.2, 0.25) is 0 Å². The van der Waals surface area contributed by atoms with E-state index in [1.807, 2.05) is 0 Å². The van der Waals surface area contributed by atoms with Crippen LogP contribution in [0.1, 0.15) is 43.0 Å². The number of nitrogens with zero attached hydrogens (tertiary/aromatic N) is 3. The second-order valence-corrected chi connectivity index (χ2v) is 6.94. The van der Waals surface area contributed by atoms with Crippen LogP contribution in [-0.2, 0) is 0 Å². The van der Waals surface area contributed by atoms with Gasteiger partial charge in [-0.25, -0.2) is 0 Å². The first kappa shape index (κ1) is 17.7. The summed E-state index contributed by atoms with van der Waals surface area (Å²) in [7, 11) is 0. The molecule has 1 aromatic rings. The molecule has 1 saturated carbocycles. The van der Waals surface area contributed by atoms with Gasteiger partial charge in [0.1, 0.15) is 0 Å². The highest BCUT2D eigenvalue weighted by Crippen LogP contribution is 2.35. The van der Waals surface area contributed by atoms with Crippen molar-refractivity contribution in [2.45, 2.75) is 32.6 Å². The van der Waals surface area contributed by atoms with Gasteiger partial charge in [-0.3, -0.25) is 14.8 Å². The maximum absolute atomic E-state index is 12.0. The highest BCUT2D eigenvalue weighted by atomic mass is 16.1. The molecule has 2 atom stereocenters. The first-order chi connectivity index (χ1) is 12.3. The Morgan fingerprint density at radius 1 is 1.28 bits per heavy atom. The molecule has 2 fully saturated rings. The Hall–Kier alpha value is -2.11. The second-order valence-electron chi connectivity index (χ2n) is 6.94. The van der Waals surface area contributed by atoms with Gasteiger partial charge >= 0.3 is 0 Å². The van der Waals surface area contributed by atoms with Crippen molar-refractivity contribution in [3.63, 3.8) is 0 Å². The number of likely N-dealkylation sites (tertiary alicyclic amines) is 1. The lowest BCUT2D eigenvalue weighted by atomic mass is 9.82. The molecule has 2 N–H and O–H groups in total. The van der Waals surface area contributed by atoms with Gasteiger partial charge in [0.15, 0.2) is 5.96 Å². The van der Waals surface area contributed by atoms with Crippen LogP contribution in [0, 0.1) is 11.8 Å². The second kappa shape index (κ2) is 8.83. The van der Waals surface area contributed by atoms with E-state index < -0.39 is 0 Å². The zero-order chi connectivity index (χ0) is 17.5. The fourth-order valence-electron chi connectivity index (χ4n) is 3.93. The molecule has 1 aromatic heterocycles. The lowest BCUT2D eigenvalue weighted by Gasteiger charge is -2.22. The first-order valence-corrected chi connectivity index (χ1v) is 9.49. The summed E-state index contributed by atoms with van der Waals surface area (Å²) in [6, 6.07) is 3.53. The van der Waals surface area contributed by atoms with Crippen LogP contribution in [0.15, 0.2) is 29.5 Å². The number of aromatic nitrogens is 1. The van der Waals surface area contributed by atoms with E-state index in [0.29, 0.717) is 18.7 Å². The Labute approximate surface area is 150 Å². The number of guanidine groups is 1. The molecule has 0 bridgehead atoms. The van der Waals surface area contributed by atoms with Crippen LogP contribution in [0.3, 0.4) is 0 Å². The number of carbonyl (C=O) groups excluding carboxylic acids is 1. The summed E-state index contributed by atoms with van der Waals surface area (Å²) in [5.74, 6) is 2.57. The van der Waals surface area contributed by atoms with Gasteiger partial charge in [0, 0.05) is 38.6 Å². The lowest BCUT2D eigenvalue weighted by Crippen LogP contribution is -2.41. The molecule has 2 unspecified atom stereocenters. The summed E-state index contributed by atoms with van der Waals surface area (Å²) in [5, 5.41) is 6.31. The average molecular weight is 343 g/mol. The van der Waals surface area contributed by atoms with Crippen molar-refractivity contribution >= 4 is 11.9 Å². The molecule has 2 aliphatic rings. The van der Waals surface area contributed by atoms with E-state index in [0.717, 1.165) is 37.4 Å².